The lowest BCUT2D eigenvalue weighted by atomic mass is 10.4. The normalized spacial score (nSPS) is 12.0. The lowest BCUT2D eigenvalue weighted by Crippen LogP contribution is -2.36. The van der Waals surface area contributed by atoms with Crippen LogP contribution in [0.2, 0.25) is 18.1 Å². The van der Waals surface area contributed by atoms with Crippen LogP contribution in [0, 0.1) is 0 Å². The first-order valence-electron chi connectivity index (χ1n) is 6.35. The molecule has 0 spiro atoms. The van der Waals surface area contributed by atoms with Crippen LogP contribution in [0.5, 0.6) is 0 Å². The Hall–Kier alpha value is 0.657. The zero-order chi connectivity index (χ0) is 11.6. The van der Waals surface area contributed by atoms with Gasteiger partial charge < -0.3 is 4.43 Å². The van der Waals surface area contributed by atoms with Crippen molar-refractivity contribution in [3.8, 4) is 0 Å². The molecule has 0 aromatic rings. The van der Waals surface area contributed by atoms with Gasteiger partial charge >= 0.3 is 0 Å². The van der Waals surface area contributed by atoms with Gasteiger partial charge in [-0.2, -0.15) is 0 Å². The molecule has 0 bridgehead atoms. The van der Waals surface area contributed by atoms with E-state index in [0.29, 0.717) is 0 Å². The molecule has 0 amide bonds. The lowest BCUT2D eigenvalue weighted by Gasteiger charge is -2.29. The zero-order valence-corrected chi connectivity index (χ0v) is 13.2. The molecular formula is C12H27BrOSi. The molecule has 0 aliphatic carbocycles. The standard InChI is InChI=1S/C12H27BrOSi/c1-4-6-10-15(14-3,11-7-5-2)12-8-9-13/h4-12H2,1-3H3. The number of hydrogen-bond donors (Lipinski definition) is 0. The summed E-state index contributed by atoms with van der Waals surface area (Å²) >= 11 is 3.53. The molecule has 0 fully saturated rings. The van der Waals surface area contributed by atoms with E-state index in [0.717, 1.165) is 5.33 Å². The lowest BCUT2D eigenvalue weighted by molar-refractivity contribution is 0.384. The third-order valence-corrected chi connectivity index (χ3v) is 8.39. The number of halogens is 1. The minimum absolute atomic E-state index is 1.13. The highest BCUT2D eigenvalue weighted by molar-refractivity contribution is 9.09. The second-order valence-electron chi connectivity index (χ2n) is 4.39. The van der Waals surface area contributed by atoms with E-state index in [-0.39, 0.29) is 0 Å². The summed E-state index contributed by atoms with van der Waals surface area (Å²) in [5, 5.41) is 1.13. The van der Waals surface area contributed by atoms with Crippen LogP contribution >= 0.6 is 15.9 Å². The smallest absolute Gasteiger partial charge is 0.192 e. The summed E-state index contributed by atoms with van der Waals surface area (Å²) in [6, 6.07) is 4.08. The van der Waals surface area contributed by atoms with Crippen molar-refractivity contribution in [3.05, 3.63) is 0 Å². The maximum atomic E-state index is 5.96. The predicted octanol–water partition coefficient (Wildman–Crippen LogP) is 4.96. The van der Waals surface area contributed by atoms with Crippen LogP contribution in [0.3, 0.4) is 0 Å². The summed E-state index contributed by atoms with van der Waals surface area (Å²) in [6.07, 6.45) is 6.60. The highest BCUT2D eigenvalue weighted by Gasteiger charge is 2.31. The molecule has 0 unspecified atom stereocenters. The maximum absolute atomic E-state index is 5.96. The predicted molar refractivity (Wildman–Crippen MR) is 75.4 cm³/mol. The molecule has 0 rings (SSSR count). The van der Waals surface area contributed by atoms with Crippen molar-refractivity contribution in [1.82, 2.24) is 0 Å². The molecule has 0 saturated carbocycles. The Kier molecular flexibility index (Phi) is 10.3. The van der Waals surface area contributed by atoms with Gasteiger partial charge in [0.25, 0.3) is 0 Å². The number of rotatable bonds is 10. The van der Waals surface area contributed by atoms with E-state index in [2.05, 4.69) is 29.8 Å². The van der Waals surface area contributed by atoms with Crippen LogP contribution in [0.1, 0.15) is 46.0 Å². The Balaban J connectivity index is 4.16. The van der Waals surface area contributed by atoms with E-state index in [1.165, 1.54) is 50.2 Å². The first-order chi connectivity index (χ1) is 7.24. The average molecular weight is 295 g/mol. The van der Waals surface area contributed by atoms with Gasteiger partial charge in [-0.1, -0.05) is 55.5 Å². The van der Waals surface area contributed by atoms with Crippen molar-refractivity contribution in [2.75, 3.05) is 12.4 Å². The van der Waals surface area contributed by atoms with Crippen molar-refractivity contribution in [1.29, 1.82) is 0 Å². The van der Waals surface area contributed by atoms with Crippen LogP contribution in [-0.4, -0.2) is 20.8 Å². The fourth-order valence-corrected chi connectivity index (χ4v) is 7.05. The molecule has 0 aliphatic heterocycles. The maximum Gasteiger partial charge on any atom is 0.192 e. The highest BCUT2D eigenvalue weighted by atomic mass is 79.9. The summed E-state index contributed by atoms with van der Waals surface area (Å²) in [7, 11) is 0.588. The monoisotopic (exact) mass is 294 g/mol. The van der Waals surface area contributed by atoms with Crippen LogP contribution < -0.4 is 0 Å². The Morgan fingerprint density at radius 2 is 1.40 bits per heavy atom. The minimum Gasteiger partial charge on any atom is -0.420 e. The van der Waals surface area contributed by atoms with Crippen molar-refractivity contribution >= 4 is 24.2 Å². The van der Waals surface area contributed by atoms with Crippen molar-refractivity contribution < 1.29 is 4.43 Å². The van der Waals surface area contributed by atoms with Gasteiger partial charge in [-0.3, -0.25) is 0 Å². The molecule has 0 atom stereocenters. The molecule has 92 valence electrons. The molecule has 0 aliphatic rings. The minimum atomic E-state index is -1.36. The van der Waals surface area contributed by atoms with E-state index in [4.69, 9.17) is 4.43 Å². The molecule has 1 nitrogen and oxygen atoms in total. The molecule has 0 saturated heterocycles. The van der Waals surface area contributed by atoms with Gasteiger partial charge in [0.1, 0.15) is 0 Å². The average Bonchev–Trinajstić information content (AvgIpc) is 2.29. The van der Waals surface area contributed by atoms with Crippen molar-refractivity contribution in [2.45, 2.75) is 64.1 Å². The van der Waals surface area contributed by atoms with Crippen molar-refractivity contribution in [3.63, 3.8) is 0 Å². The number of hydrogen-bond acceptors (Lipinski definition) is 1. The SMILES string of the molecule is CCCC[Si](CCCC)(CCCBr)OC. The van der Waals surface area contributed by atoms with Gasteiger partial charge in [-0.15, -0.1) is 0 Å². The fourth-order valence-electron chi connectivity index (χ4n) is 2.07. The third kappa shape index (κ3) is 6.75. The summed E-state index contributed by atoms with van der Waals surface area (Å²) in [4.78, 5) is 0. The van der Waals surface area contributed by atoms with E-state index >= 15 is 0 Å². The van der Waals surface area contributed by atoms with Crippen molar-refractivity contribution in [2.24, 2.45) is 0 Å². The Morgan fingerprint density at radius 1 is 0.933 bits per heavy atom. The molecule has 0 radical (unpaired) electrons. The summed E-state index contributed by atoms with van der Waals surface area (Å²) in [5.74, 6) is 0. The third-order valence-electron chi connectivity index (χ3n) is 3.17. The Bertz CT molecular complexity index is 120. The number of alkyl halides is 1. The molecule has 3 heteroatoms. The molecule has 0 heterocycles. The van der Waals surface area contributed by atoms with Crippen LogP contribution in [0.25, 0.3) is 0 Å². The highest BCUT2D eigenvalue weighted by Crippen LogP contribution is 2.28. The van der Waals surface area contributed by atoms with Gasteiger partial charge in [0.05, 0.1) is 0 Å². The topological polar surface area (TPSA) is 9.23 Å². The van der Waals surface area contributed by atoms with Gasteiger partial charge in [0.2, 0.25) is 0 Å². The molecule has 15 heavy (non-hydrogen) atoms. The first-order valence-corrected chi connectivity index (χ1v) is 10.0. The molecule has 0 N–H and O–H groups in total. The van der Waals surface area contributed by atoms with Crippen LogP contribution in [0.4, 0.5) is 0 Å². The van der Waals surface area contributed by atoms with E-state index < -0.39 is 8.32 Å². The first kappa shape index (κ1) is 15.7. The van der Waals surface area contributed by atoms with Gasteiger partial charge in [0.15, 0.2) is 8.32 Å². The largest absolute Gasteiger partial charge is 0.420 e. The second kappa shape index (κ2) is 9.85. The molecule has 0 aromatic carbocycles. The fraction of sp³-hybridized carbons (Fsp3) is 1.00. The summed E-state index contributed by atoms with van der Waals surface area (Å²) in [5.41, 5.74) is 0. The van der Waals surface area contributed by atoms with E-state index in [1.54, 1.807) is 0 Å². The molecule has 0 aromatic heterocycles. The van der Waals surface area contributed by atoms with Crippen LogP contribution in [-0.2, 0) is 4.43 Å². The summed E-state index contributed by atoms with van der Waals surface area (Å²) in [6.45, 7) is 4.55. The van der Waals surface area contributed by atoms with Crippen LogP contribution in [0.15, 0.2) is 0 Å². The van der Waals surface area contributed by atoms with Gasteiger partial charge in [0, 0.05) is 12.4 Å². The van der Waals surface area contributed by atoms with E-state index in [1.807, 2.05) is 7.11 Å². The Morgan fingerprint density at radius 3 is 1.73 bits per heavy atom. The van der Waals surface area contributed by atoms with Gasteiger partial charge in [-0.25, -0.2) is 0 Å². The second-order valence-corrected chi connectivity index (χ2v) is 9.45. The van der Waals surface area contributed by atoms with E-state index in [9.17, 15) is 0 Å². The number of unbranched alkanes of at least 4 members (excludes halogenated alkanes) is 2. The quantitative estimate of drug-likeness (QED) is 0.409. The zero-order valence-electron chi connectivity index (χ0n) is 10.7. The summed E-state index contributed by atoms with van der Waals surface area (Å²) < 4.78 is 5.96. The Labute approximate surface area is 105 Å². The molecular weight excluding hydrogens is 268 g/mol. The van der Waals surface area contributed by atoms with Gasteiger partial charge in [-0.05, 0) is 24.6 Å².